The summed E-state index contributed by atoms with van der Waals surface area (Å²) in [4.78, 5) is 10.5. The molecule has 0 saturated heterocycles. The molecule has 120 valence electrons. The summed E-state index contributed by atoms with van der Waals surface area (Å²) in [7, 11) is 0. The minimum atomic E-state index is -0.896. The average Bonchev–Trinajstić information content (AvgIpc) is 2.35. The molecule has 3 nitrogen and oxygen atoms in total. The molecule has 0 amide bonds. The molecule has 0 aromatic carbocycles. The summed E-state index contributed by atoms with van der Waals surface area (Å²) >= 11 is 0. The van der Waals surface area contributed by atoms with Gasteiger partial charge in [0.2, 0.25) is 0 Å². The molecular formula is C18H30O3. The first-order chi connectivity index (χ1) is 9.76. The summed E-state index contributed by atoms with van der Waals surface area (Å²) < 4.78 is 5.71. The van der Waals surface area contributed by atoms with Crippen LogP contribution in [0.15, 0.2) is 36.5 Å². The van der Waals surface area contributed by atoms with Crippen molar-refractivity contribution in [1.82, 2.24) is 0 Å². The van der Waals surface area contributed by atoms with Crippen molar-refractivity contribution in [3.05, 3.63) is 36.5 Å². The van der Waals surface area contributed by atoms with Crippen molar-refractivity contribution in [2.24, 2.45) is 5.92 Å². The van der Waals surface area contributed by atoms with Crippen LogP contribution < -0.4 is 0 Å². The number of carboxylic acids is 1. The third kappa shape index (κ3) is 12.1. The SMILES string of the molecule is C=CCOC(C)(C)CCCC(C)CC=CC(C)=CC(=O)O. The van der Waals surface area contributed by atoms with Gasteiger partial charge in [-0.1, -0.05) is 38.0 Å². The Labute approximate surface area is 129 Å². The second-order valence-corrected chi connectivity index (χ2v) is 6.22. The van der Waals surface area contributed by atoms with Crippen LogP contribution in [-0.2, 0) is 9.53 Å². The van der Waals surface area contributed by atoms with E-state index in [1.807, 2.05) is 6.08 Å². The third-order valence-electron chi connectivity index (χ3n) is 3.34. The van der Waals surface area contributed by atoms with Crippen LogP contribution in [0.5, 0.6) is 0 Å². The van der Waals surface area contributed by atoms with Crippen LogP contribution in [0.1, 0.15) is 53.4 Å². The molecule has 1 unspecified atom stereocenters. The summed E-state index contributed by atoms with van der Waals surface area (Å²) in [6.07, 6.45) is 11.2. The Bertz CT molecular complexity index is 378. The highest BCUT2D eigenvalue weighted by Crippen LogP contribution is 2.21. The van der Waals surface area contributed by atoms with Crippen molar-refractivity contribution in [3.8, 4) is 0 Å². The van der Waals surface area contributed by atoms with Gasteiger partial charge >= 0.3 is 5.97 Å². The van der Waals surface area contributed by atoms with Gasteiger partial charge in [-0.05, 0) is 45.1 Å². The van der Waals surface area contributed by atoms with Gasteiger partial charge in [-0.15, -0.1) is 6.58 Å². The van der Waals surface area contributed by atoms with E-state index < -0.39 is 5.97 Å². The molecule has 0 saturated carbocycles. The fraction of sp³-hybridized carbons (Fsp3) is 0.611. The fourth-order valence-corrected chi connectivity index (χ4v) is 2.08. The molecule has 1 N–H and O–H groups in total. The van der Waals surface area contributed by atoms with Gasteiger partial charge in [0.25, 0.3) is 0 Å². The lowest BCUT2D eigenvalue weighted by atomic mass is 9.94. The van der Waals surface area contributed by atoms with E-state index >= 15 is 0 Å². The van der Waals surface area contributed by atoms with E-state index in [0.717, 1.165) is 31.3 Å². The largest absolute Gasteiger partial charge is 0.478 e. The number of aliphatic carboxylic acids is 1. The number of hydrogen-bond donors (Lipinski definition) is 1. The van der Waals surface area contributed by atoms with E-state index in [2.05, 4.69) is 33.4 Å². The van der Waals surface area contributed by atoms with Crippen molar-refractivity contribution >= 4 is 5.97 Å². The molecule has 21 heavy (non-hydrogen) atoms. The van der Waals surface area contributed by atoms with E-state index in [-0.39, 0.29) is 5.60 Å². The first-order valence-corrected chi connectivity index (χ1v) is 7.59. The third-order valence-corrected chi connectivity index (χ3v) is 3.34. The first-order valence-electron chi connectivity index (χ1n) is 7.59. The van der Waals surface area contributed by atoms with Crippen molar-refractivity contribution in [1.29, 1.82) is 0 Å². The average molecular weight is 294 g/mol. The van der Waals surface area contributed by atoms with Crippen LogP contribution in [0, 0.1) is 5.92 Å². The highest BCUT2D eigenvalue weighted by molar-refractivity contribution is 5.81. The van der Waals surface area contributed by atoms with Crippen LogP contribution in [0.4, 0.5) is 0 Å². The molecule has 0 radical (unpaired) electrons. The Morgan fingerprint density at radius 1 is 1.43 bits per heavy atom. The Hall–Kier alpha value is -1.35. The number of allylic oxidation sites excluding steroid dienone is 3. The zero-order chi connectivity index (χ0) is 16.3. The Morgan fingerprint density at radius 2 is 2.10 bits per heavy atom. The van der Waals surface area contributed by atoms with Gasteiger partial charge in [-0.2, -0.15) is 0 Å². The molecule has 0 aliphatic heterocycles. The summed E-state index contributed by atoms with van der Waals surface area (Å²) in [6.45, 7) is 12.5. The van der Waals surface area contributed by atoms with Crippen molar-refractivity contribution in [2.45, 2.75) is 59.0 Å². The predicted octanol–water partition coefficient (Wildman–Crippen LogP) is 4.75. The molecular weight excluding hydrogens is 264 g/mol. The van der Waals surface area contributed by atoms with Gasteiger partial charge in [0.1, 0.15) is 0 Å². The van der Waals surface area contributed by atoms with Crippen molar-refractivity contribution < 1.29 is 14.6 Å². The van der Waals surface area contributed by atoms with Gasteiger partial charge in [-0.25, -0.2) is 4.79 Å². The lowest BCUT2D eigenvalue weighted by molar-refractivity contribution is -0.131. The number of hydrogen-bond acceptors (Lipinski definition) is 2. The number of ether oxygens (including phenoxy) is 1. The standard InChI is InChI=1S/C18H30O3/c1-6-13-21-18(4,5)12-8-11-15(2)9-7-10-16(3)14-17(19)20/h6-7,10,14-15H,1,8-9,11-13H2,2-5H3,(H,19,20). The van der Waals surface area contributed by atoms with Crippen LogP contribution in [-0.4, -0.2) is 23.3 Å². The molecule has 0 aliphatic rings. The monoisotopic (exact) mass is 294 g/mol. The van der Waals surface area contributed by atoms with Gasteiger partial charge < -0.3 is 9.84 Å². The zero-order valence-corrected chi connectivity index (χ0v) is 13.9. The summed E-state index contributed by atoms with van der Waals surface area (Å²) in [6, 6.07) is 0. The van der Waals surface area contributed by atoms with E-state index in [0.29, 0.717) is 12.5 Å². The summed E-state index contributed by atoms with van der Waals surface area (Å²) in [5.74, 6) is -0.305. The van der Waals surface area contributed by atoms with Crippen LogP contribution in [0.2, 0.25) is 0 Å². The van der Waals surface area contributed by atoms with Crippen LogP contribution >= 0.6 is 0 Å². The highest BCUT2D eigenvalue weighted by atomic mass is 16.5. The van der Waals surface area contributed by atoms with E-state index in [4.69, 9.17) is 9.84 Å². The smallest absolute Gasteiger partial charge is 0.328 e. The second-order valence-electron chi connectivity index (χ2n) is 6.22. The number of carbonyl (C=O) groups is 1. The topological polar surface area (TPSA) is 46.5 Å². The van der Waals surface area contributed by atoms with Gasteiger partial charge in [0, 0.05) is 6.08 Å². The maximum atomic E-state index is 10.5. The second kappa shape index (κ2) is 10.4. The maximum Gasteiger partial charge on any atom is 0.328 e. The minimum absolute atomic E-state index is 0.0927. The number of carboxylic acid groups (broad SMARTS) is 1. The Morgan fingerprint density at radius 3 is 2.67 bits per heavy atom. The molecule has 0 spiro atoms. The van der Waals surface area contributed by atoms with E-state index in [1.54, 1.807) is 13.0 Å². The van der Waals surface area contributed by atoms with Crippen LogP contribution in [0.3, 0.4) is 0 Å². The quantitative estimate of drug-likeness (QED) is 0.340. The molecule has 0 heterocycles. The molecule has 0 fully saturated rings. The Kier molecular flexibility index (Phi) is 9.72. The van der Waals surface area contributed by atoms with Gasteiger partial charge in [0.05, 0.1) is 12.2 Å². The lowest BCUT2D eigenvalue weighted by Crippen LogP contribution is -2.24. The minimum Gasteiger partial charge on any atom is -0.478 e. The number of rotatable bonds is 11. The van der Waals surface area contributed by atoms with E-state index in [9.17, 15) is 4.79 Å². The van der Waals surface area contributed by atoms with Crippen molar-refractivity contribution in [3.63, 3.8) is 0 Å². The molecule has 0 rings (SSSR count). The van der Waals surface area contributed by atoms with Gasteiger partial charge in [0.15, 0.2) is 0 Å². The van der Waals surface area contributed by atoms with E-state index in [1.165, 1.54) is 6.08 Å². The van der Waals surface area contributed by atoms with Gasteiger partial charge in [-0.3, -0.25) is 0 Å². The summed E-state index contributed by atoms with van der Waals surface area (Å²) in [5.41, 5.74) is 0.679. The maximum absolute atomic E-state index is 10.5. The van der Waals surface area contributed by atoms with Crippen LogP contribution in [0.25, 0.3) is 0 Å². The molecule has 0 aromatic heterocycles. The molecule has 0 aromatic rings. The molecule has 3 heteroatoms. The molecule has 0 aliphatic carbocycles. The lowest BCUT2D eigenvalue weighted by Gasteiger charge is -2.25. The zero-order valence-electron chi connectivity index (χ0n) is 13.9. The fourth-order valence-electron chi connectivity index (χ4n) is 2.08. The molecule has 0 bridgehead atoms. The predicted molar refractivity (Wildman–Crippen MR) is 88.4 cm³/mol. The summed E-state index contributed by atoms with van der Waals surface area (Å²) in [5, 5.41) is 8.62. The normalized spacial score (nSPS) is 14.4. The van der Waals surface area contributed by atoms with Crippen molar-refractivity contribution in [2.75, 3.05) is 6.61 Å². The Balaban J connectivity index is 3.95. The first kappa shape index (κ1) is 19.7. The highest BCUT2D eigenvalue weighted by Gasteiger charge is 2.17. The molecule has 1 atom stereocenters.